The van der Waals surface area contributed by atoms with Gasteiger partial charge in [0.15, 0.2) is 0 Å². The first-order chi connectivity index (χ1) is 23.7. The fourth-order valence-corrected chi connectivity index (χ4v) is 8.59. The van der Waals surface area contributed by atoms with Crippen LogP contribution in [0.25, 0.3) is 50.8 Å². The van der Waals surface area contributed by atoms with E-state index in [1.165, 1.54) is 78.0 Å². The second-order valence-corrected chi connectivity index (χ2v) is 14.0. The molecule has 3 atom stereocenters. The highest BCUT2D eigenvalue weighted by Crippen LogP contribution is 2.45. The van der Waals surface area contributed by atoms with Crippen molar-refractivity contribution in [2.24, 2.45) is 5.92 Å². The Balaban J connectivity index is 1.25. The van der Waals surface area contributed by atoms with Crippen LogP contribution in [0.4, 0.5) is 11.4 Å². The van der Waals surface area contributed by atoms with E-state index >= 15 is 0 Å². The van der Waals surface area contributed by atoms with E-state index in [0.29, 0.717) is 12.0 Å². The minimum atomic E-state index is 0.0847. The molecular weight excluding hydrogens is 581 g/mol. The monoisotopic (exact) mass is 622 g/mol. The predicted molar refractivity (Wildman–Crippen MR) is 205 cm³/mol. The zero-order valence-corrected chi connectivity index (χ0v) is 27.7. The van der Waals surface area contributed by atoms with Crippen LogP contribution in [0.5, 0.6) is 0 Å². The van der Waals surface area contributed by atoms with Gasteiger partial charge in [0.2, 0.25) is 0 Å². The molecule has 0 radical (unpaired) electrons. The Bertz CT molecular complexity index is 2240. The molecule has 0 aromatic heterocycles. The van der Waals surface area contributed by atoms with Crippen molar-refractivity contribution in [1.29, 1.82) is 0 Å². The van der Waals surface area contributed by atoms with Crippen molar-refractivity contribution in [3.05, 3.63) is 149 Å². The Hall–Kier alpha value is -5.08. The molecule has 0 bridgehead atoms. The average molecular weight is 623 g/mol. The first kappa shape index (κ1) is 29.1. The summed E-state index contributed by atoms with van der Waals surface area (Å²) in [6.45, 7) is 2.30. The number of para-hydroxylation sites is 2. The summed E-state index contributed by atoms with van der Waals surface area (Å²) in [4.78, 5) is 2.66. The summed E-state index contributed by atoms with van der Waals surface area (Å²) in [5, 5.41) is 9.36. The fraction of sp³-hybridized carbons (Fsp3) is 0.217. The normalized spacial score (nSPS) is 21.1. The molecule has 0 saturated heterocycles. The SMILES string of the molecule is CC1C=CC=C(c2ccc(-c3c4c(c(-c5ccccc5)c5cc(C6Nc7ccccc7N6C6CC=CCC6)ccc35)=CCCC=4)cc2)C1. The van der Waals surface area contributed by atoms with Crippen LogP contribution in [0.2, 0.25) is 0 Å². The molecule has 0 saturated carbocycles. The Labute approximate surface area is 284 Å². The fourth-order valence-electron chi connectivity index (χ4n) is 8.59. The number of hydrogen-bond acceptors (Lipinski definition) is 2. The molecule has 1 N–H and O–H groups in total. The molecule has 0 amide bonds. The molecule has 3 aliphatic carbocycles. The molecule has 1 aliphatic heterocycles. The van der Waals surface area contributed by atoms with Crippen molar-refractivity contribution < 1.29 is 0 Å². The van der Waals surface area contributed by atoms with Gasteiger partial charge >= 0.3 is 0 Å². The van der Waals surface area contributed by atoms with Crippen molar-refractivity contribution in [2.45, 2.75) is 57.7 Å². The number of benzene rings is 5. The molecule has 3 unspecified atom stereocenters. The van der Waals surface area contributed by atoms with Gasteiger partial charge in [-0.2, -0.15) is 0 Å². The van der Waals surface area contributed by atoms with Gasteiger partial charge in [-0.3, -0.25) is 0 Å². The Morgan fingerprint density at radius 2 is 1.42 bits per heavy atom. The molecule has 5 aromatic carbocycles. The third kappa shape index (κ3) is 5.02. The summed E-state index contributed by atoms with van der Waals surface area (Å²) < 4.78 is 0. The van der Waals surface area contributed by atoms with Crippen LogP contribution in [-0.2, 0) is 0 Å². The molecule has 9 rings (SSSR count). The third-order valence-corrected chi connectivity index (χ3v) is 10.9. The lowest BCUT2D eigenvalue weighted by Crippen LogP contribution is -2.38. The first-order valence-electron chi connectivity index (χ1n) is 17.9. The summed E-state index contributed by atoms with van der Waals surface area (Å²) >= 11 is 0. The zero-order valence-electron chi connectivity index (χ0n) is 27.7. The number of rotatable bonds is 5. The van der Waals surface area contributed by atoms with Crippen molar-refractivity contribution in [3.8, 4) is 22.3 Å². The Morgan fingerprint density at radius 3 is 2.19 bits per heavy atom. The van der Waals surface area contributed by atoms with Crippen LogP contribution < -0.4 is 20.7 Å². The molecule has 1 heterocycles. The molecule has 236 valence electrons. The van der Waals surface area contributed by atoms with Crippen molar-refractivity contribution in [2.75, 3.05) is 10.2 Å². The second-order valence-electron chi connectivity index (χ2n) is 14.0. The summed E-state index contributed by atoms with van der Waals surface area (Å²) in [5.74, 6) is 0.582. The van der Waals surface area contributed by atoms with Gasteiger partial charge in [0, 0.05) is 6.04 Å². The van der Waals surface area contributed by atoms with E-state index in [0.717, 1.165) is 32.1 Å². The highest BCUT2D eigenvalue weighted by molar-refractivity contribution is 6.06. The van der Waals surface area contributed by atoms with Gasteiger partial charge in [0.05, 0.1) is 11.4 Å². The number of allylic oxidation sites excluding steroid dienone is 5. The first-order valence-corrected chi connectivity index (χ1v) is 17.9. The minimum absolute atomic E-state index is 0.0847. The number of nitrogens with one attached hydrogen (secondary N) is 1. The van der Waals surface area contributed by atoms with E-state index in [2.05, 4.69) is 157 Å². The summed E-state index contributed by atoms with van der Waals surface area (Å²) in [6.07, 6.45) is 23.2. The van der Waals surface area contributed by atoms with Crippen LogP contribution in [0, 0.1) is 5.92 Å². The van der Waals surface area contributed by atoms with E-state index < -0.39 is 0 Å². The summed E-state index contributed by atoms with van der Waals surface area (Å²) in [5.41, 5.74) is 11.9. The molecular formula is C46H42N2. The second kappa shape index (κ2) is 12.2. The van der Waals surface area contributed by atoms with Crippen LogP contribution in [0.3, 0.4) is 0 Å². The molecule has 2 nitrogen and oxygen atoms in total. The smallest absolute Gasteiger partial charge is 0.126 e. The van der Waals surface area contributed by atoms with Gasteiger partial charge < -0.3 is 10.2 Å². The van der Waals surface area contributed by atoms with Gasteiger partial charge in [-0.1, -0.05) is 128 Å². The van der Waals surface area contributed by atoms with Crippen LogP contribution in [0.1, 0.15) is 62.7 Å². The standard InChI is InChI=1S/C46H42N2/c1-31-13-12-16-35(29-31)32-23-25-34(26-24-32)44-38-19-8-9-20-39(38)45(33-14-4-2-5-15-33)41-30-36(27-28-40(41)44)46-47-42-21-10-11-22-43(42)48(46)37-17-6-3-7-18-37/h2-6,10-16,19-28,30-31,37,46-47H,7-9,17-18,29H2,1H3. The largest absolute Gasteiger partial charge is 0.360 e. The Morgan fingerprint density at radius 1 is 0.688 bits per heavy atom. The van der Waals surface area contributed by atoms with Gasteiger partial charge in [0.1, 0.15) is 6.17 Å². The van der Waals surface area contributed by atoms with Gasteiger partial charge in [-0.15, -0.1) is 0 Å². The number of hydrogen-bond donors (Lipinski definition) is 1. The quantitative estimate of drug-likeness (QED) is 0.196. The van der Waals surface area contributed by atoms with Gasteiger partial charge in [-0.25, -0.2) is 0 Å². The molecule has 48 heavy (non-hydrogen) atoms. The van der Waals surface area contributed by atoms with Crippen molar-refractivity contribution in [3.63, 3.8) is 0 Å². The number of fused-ring (bicyclic) bond motifs is 3. The molecule has 0 spiro atoms. The van der Waals surface area contributed by atoms with Crippen LogP contribution in [0.15, 0.2) is 127 Å². The predicted octanol–water partition coefficient (Wildman–Crippen LogP) is 10.5. The number of anilines is 2. The maximum atomic E-state index is 3.95. The van der Waals surface area contributed by atoms with Crippen LogP contribution >= 0.6 is 0 Å². The maximum absolute atomic E-state index is 3.95. The highest BCUT2D eigenvalue weighted by atomic mass is 15.3. The molecule has 4 aliphatic rings. The van der Waals surface area contributed by atoms with Crippen molar-refractivity contribution >= 4 is 39.9 Å². The average Bonchev–Trinajstić information content (AvgIpc) is 3.54. The lowest BCUT2D eigenvalue weighted by molar-refractivity contribution is 0.516. The van der Waals surface area contributed by atoms with Crippen LogP contribution in [-0.4, -0.2) is 6.04 Å². The van der Waals surface area contributed by atoms with E-state index in [1.54, 1.807) is 0 Å². The summed E-state index contributed by atoms with van der Waals surface area (Å²) in [7, 11) is 0. The molecule has 2 heteroatoms. The van der Waals surface area contributed by atoms with Gasteiger partial charge in [-0.05, 0) is 123 Å². The third-order valence-electron chi connectivity index (χ3n) is 10.9. The van der Waals surface area contributed by atoms with Gasteiger partial charge in [0.25, 0.3) is 0 Å². The number of nitrogens with zero attached hydrogens (tertiary/aromatic N) is 1. The molecule has 0 fully saturated rings. The van der Waals surface area contributed by atoms with E-state index in [-0.39, 0.29) is 6.17 Å². The highest BCUT2D eigenvalue weighted by Gasteiger charge is 2.35. The van der Waals surface area contributed by atoms with E-state index in [4.69, 9.17) is 0 Å². The summed E-state index contributed by atoms with van der Waals surface area (Å²) in [6, 6.07) is 37.1. The van der Waals surface area contributed by atoms with Crippen molar-refractivity contribution in [1.82, 2.24) is 0 Å². The lowest BCUT2D eigenvalue weighted by atomic mass is 9.84. The maximum Gasteiger partial charge on any atom is 0.126 e. The van der Waals surface area contributed by atoms with E-state index in [9.17, 15) is 0 Å². The topological polar surface area (TPSA) is 15.3 Å². The lowest BCUT2D eigenvalue weighted by Gasteiger charge is -2.36. The van der Waals surface area contributed by atoms with E-state index in [1.807, 2.05) is 0 Å². The zero-order chi connectivity index (χ0) is 32.0. The Kier molecular flexibility index (Phi) is 7.38. The minimum Gasteiger partial charge on any atom is -0.360 e. The molecule has 5 aromatic rings.